The normalized spacial score (nSPS) is 18.1. The first-order chi connectivity index (χ1) is 19.9. The molecule has 232 valence electrons. The summed E-state index contributed by atoms with van der Waals surface area (Å²) in [4.78, 5) is 10.1. The number of nitrogens with zero attached hydrogens (tertiary/aromatic N) is 1. The quantitative estimate of drug-likeness (QED) is 0.147. The van der Waals surface area contributed by atoms with Crippen LogP contribution < -0.4 is 9.47 Å². The van der Waals surface area contributed by atoms with Gasteiger partial charge in [-0.25, -0.2) is 0 Å². The van der Waals surface area contributed by atoms with Crippen LogP contribution in [0.4, 0.5) is 0 Å². The molecule has 0 fully saturated rings. The molecule has 0 saturated heterocycles. The second-order valence-corrected chi connectivity index (χ2v) is 13.7. The summed E-state index contributed by atoms with van der Waals surface area (Å²) in [6.45, 7) is 18.2. The molecule has 0 aromatic heterocycles. The molecular formula is C37H55NO4. The topological polar surface area (TPSA) is 61.6 Å². The molecule has 0 unspecified atom stereocenters. The van der Waals surface area contributed by atoms with Crippen molar-refractivity contribution in [2.75, 3.05) is 0 Å². The summed E-state index contributed by atoms with van der Waals surface area (Å²) < 4.78 is 13.2. The van der Waals surface area contributed by atoms with Gasteiger partial charge in [-0.1, -0.05) is 84.8 Å². The fourth-order valence-electron chi connectivity index (χ4n) is 6.32. The minimum Gasteiger partial charge on any atom is -0.487 e. The summed E-state index contributed by atoms with van der Waals surface area (Å²) in [6, 6.07) is 7.37. The van der Waals surface area contributed by atoms with Crippen LogP contribution in [0.1, 0.15) is 127 Å². The lowest BCUT2D eigenvalue weighted by atomic mass is 9.83. The zero-order valence-corrected chi connectivity index (χ0v) is 27.6. The van der Waals surface area contributed by atoms with E-state index < -0.39 is 4.92 Å². The Morgan fingerprint density at radius 1 is 0.905 bits per heavy atom. The number of hydrogen-bond donors (Lipinski definition) is 0. The summed E-state index contributed by atoms with van der Waals surface area (Å²) in [7, 11) is 0. The van der Waals surface area contributed by atoms with Crippen molar-refractivity contribution in [1.82, 2.24) is 0 Å². The van der Waals surface area contributed by atoms with E-state index in [4.69, 9.17) is 9.47 Å². The van der Waals surface area contributed by atoms with Crippen molar-refractivity contribution in [1.29, 1.82) is 0 Å². The van der Waals surface area contributed by atoms with Gasteiger partial charge in [0.25, 0.3) is 0 Å². The predicted octanol–water partition coefficient (Wildman–Crippen LogP) is 11.2. The maximum absolute atomic E-state index is 10.6. The lowest BCUT2D eigenvalue weighted by Gasteiger charge is -2.38. The summed E-state index contributed by atoms with van der Waals surface area (Å²) in [5.74, 6) is 5.11. The molecule has 1 aliphatic rings. The second-order valence-electron chi connectivity index (χ2n) is 13.7. The third-order valence-corrected chi connectivity index (χ3v) is 9.33. The van der Waals surface area contributed by atoms with E-state index in [9.17, 15) is 10.1 Å². The van der Waals surface area contributed by atoms with E-state index in [1.54, 1.807) is 0 Å². The Bertz CT molecular complexity index is 1200. The van der Waals surface area contributed by atoms with Crippen LogP contribution in [0.25, 0.3) is 6.08 Å². The first kappa shape index (κ1) is 33.7. The Morgan fingerprint density at radius 2 is 1.50 bits per heavy atom. The monoisotopic (exact) mass is 577 g/mol. The summed E-state index contributed by atoms with van der Waals surface area (Å²) in [6.07, 6.45) is 16.2. The van der Waals surface area contributed by atoms with E-state index >= 15 is 0 Å². The molecule has 0 bridgehead atoms. The number of nitro groups is 1. The molecule has 5 nitrogen and oxygen atoms in total. The van der Waals surface area contributed by atoms with Crippen LogP contribution in [0.2, 0.25) is 0 Å². The standard InChI is InChI=1S/C37H55NO4/c1-26(2)12-9-13-27(3)14-10-15-28(4)16-11-23-37(8)24-21-34-31(7)35(29(5)30(6)36(34)42-37)41-33-19-17-32(18-20-33)22-25-38(39)40/h17-20,22,25-28H,9-16,21,23-24H2,1-8H3/b25-22+/t27-,28-,37-/m1/s1. The molecule has 0 saturated carbocycles. The van der Waals surface area contributed by atoms with Crippen LogP contribution in [0.3, 0.4) is 0 Å². The number of ether oxygens (including phenoxy) is 2. The predicted molar refractivity (Wildman–Crippen MR) is 175 cm³/mol. The van der Waals surface area contributed by atoms with Crippen LogP contribution >= 0.6 is 0 Å². The fraction of sp³-hybridized carbons (Fsp3) is 0.622. The number of benzene rings is 2. The van der Waals surface area contributed by atoms with Gasteiger partial charge in [-0.15, -0.1) is 0 Å². The number of fused-ring (bicyclic) bond motifs is 1. The van der Waals surface area contributed by atoms with Crippen molar-refractivity contribution in [2.24, 2.45) is 17.8 Å². The van der Waals surface area contributed by atoms with Crippen molar-refractivity contribution >= 4 is 6.08 Å². The SMILES string of the molecule is Cc1c(C)c2c(c(C)c1Oc1ccc(/C=C/[N+](=O)[O-])cc1)CC[C@@](C)(CCC[C@H](C)CCC[C@H](C)CCCC(C)C)O2. The Morgan fingerprint density at radius 3 is 2.10 bits per heavy atom. The van der Waals surface area contributed by atoms with Gasteiger partial charge in [0.1, 0.15) is 22.8 Å². The third kappa shape index (κ3) is 9.88. The maximum atomic E-state index is 10.6. The highest BCUT2D eigenvalue weighted by Crippen LogP contribution is 2.46. The largest absolute Gasteiger partial charge is 0.487 e. The first-order valence-corrected chi connectivity index (χ1v) is 16.3. The molecule has 0 radical (unpaired) electrons. The van der Waals surface area contributed by atoms with Gasteiger partial charge in [-0.2, -0.15) is 0 Å². The van der Waals surface area contributed by atoms with Gasteiger partial charge in [0.15, 0.2) is 0 Å². The second kappa shape index (κ2) is 15.6. The number of rotatable bonds is 16. The lowest BCUT2D eigenvalue weighted by molar-refractivity contribution is -0.400. The average molecular weight is 578 g/mol. The van der Waals surface area contributed by atoms with Gasteiger partial charge < -0.3 is 9.47 Å². The fourth-order valence-corrected chi connectivity index (χ4v) is 6.32. The highest BCUT2D eigenvalue weighted by molar-refractivity contribution is 5.60. The molecule has 2 aromatic rings. The number of hydrogen-bond acceptors (Lipinski definition) is 4. The van der Waals surface area contributed by atoms with E-state index in [1.165, 1.54) is 63.0 Å². The van der Waals surface area contributed by atoms with Gasteiger partial charge in [0.05, 0.1) is 4.92 Å². The van der Waals surface area contributed by atoms with Gasteiger partial charge in [0, 0.05) is 11.6 Å². The third-order valence-electron chi connectivity index (χ3n) is 9.33. The maximum Gasteiger partial charge on any atom is 0.235 e. The van der Waals surface area contributed by atoms with E-state index in [1.807, 2.05) is 24.3 Å². The molecule has 0 N–H and O–H groups in total. The van der Waals surface area contributed by atoms with Gasteiger partial charge in [0.2, 0.25) is 6.20 Å². The molecule has 5 heteroatoms. The van der Waals surface area contributed by atoms with Crippen LogP contribution in [-0.4, -0.2) is 10.5 Å². The van der Waals surface area contributed by atoms with E-state index in [2.05, 4.69) is 55.4 Å². The Hall–Kier alpha value is -2.82. The molecule has 1 heterocycles. The Balaban J connectivity index is 1.54. The zero-order valence-electron chi connectivity index (χ0n) is 27.6. The summed E-state index contributed by atoms with van der Waals surface area (Å²) in [5.41, 5.74) is 5.28. The van der Waals surface area contributed by atoms with E-state index in [0.29, 0.717) is 0 Å². The average Bonchev–Trinajstić information content (AvgIpc) is 2.93. The molecule has 0 amide bonds. The van der Waals surface area contributed by atoms with Crippen molar-refractivity contribution < 1.29 is 14.4 Å². The van der Waals surface area contributed by atoms with Gasteiger partial charge in [-0.3, -0.25) is 10.1 Å². The molecule has 0 aliphatic carbocycles. The molecule has 42 heavy (non-hydrogen) atoms. The van der Waals surface area contributed by atoms with Crippen molar-refractivity contribution in [3.8, 4) is 17.2 Å². The minimum atomic E-state index is -0.459. The molecular weight excluding hydrogens is 522 g/mol. The van der Waals surface area contributed by atoms with E-state index in [-0.39, 0.29) is 5.60 Å². The smallest absolute Gasteiger partial charge is 0.235 e. The highest BCUT2D eigenvalue weighted by Gasteiger charge is 2.34. The molecule has 3 atom stereocenters. The lowest BCUT2D eigenvalue weighted by Crippen LogP contribution is -2.37. The van der Waals surface area contributed by atoms with Crippen LogP contribution in [0.15, 0.2) is 30.5 Å². The molecule has 3 rings (SSSR count). The zero-order chi connectivity index (χ0) is 30.9. The molecule has 0 spiro atoms. The van der Waals surface area contributed by atoms with Gasteiger partial charge >= 0.3 is 0 Å². The van der Waals surface area contributed by atoms with Gasteiger partial charge in [-0.05, 0) is 106 Å². The summed E-state index contributed by atoms with van der Waals surface area (Å²) in [5, 5.41) is 10.6. The van der Waals surface area contributed by atoms with Crippen LogP contribution in [-0.2, 0) is 6.42 Å². The van der Waals surface area contributed by atoms with Crippen molar-refractivity contribution in [3.05, 3.63) is 68.4 Å². The van der Waals surface area contributed by atoms with E-state index in [0.717, 1.165) is 82.7 Å². The highest BCUT2D eigenvalue weighted by atomic mass is 16.6. The molecule has 1 aliphatic heterocycles. The molecule has 2 aromatic carbocycles. The minimum absolute atomic E-state index is 0.128. The Kier molecular flexibility index (Phi) is 12.5. The van der Waals surface area contributed by atoms with Crippen LogP contribution in [0.5, 0.6) is 17.2 Å². The van der Waals surface area contributed by atoms with Crippen LogP contribution in [0, 0.1) is 48.6 Å². The first-order valence-electron chi connectivity index (χ1n) is 16.3. The Labute approximate surface area is 255 Å². The van der Waals surface area contributed by atoms with Crippen molar-refractivity contribution in [2.45, 2.75) is 132 Å². The van der Waals surface area contributed by atoms with Crippen molar-refractivity contribution in [3.63, 3.8) is 0 Å². The summed E-state index contributed by atoms with van der Waals surface area (Å²) >= 11 is 0.